The molecule has 0 spiro atoms. The maximum absolute atomic E-state index is 13.0. The Kier molecular flexibility index (Phi) is 7.30. The molecule has 44 heavy (non-hydrogen) atoms. The summed E-state index contributed by atoms with van der Waals surface area (Å²) >= 11 is 0. The van der Waals surface area contributed by atoms with Gasteiger partial charge in [0.1, 0.15) is 10.7 Å². The molecule has 4 aromatic rings. The van der Waals surface area contributed by atoms with E-state index in [1.807, 2.05) is 42.5 Å². The summed E-state index contributed by atoms with van der Waals surface area (Å²) in [4.78, 5) is 34.9. The van der Waals surface area contributed by atoms with Gasteiger partial charge < -0.3 is 16.0 Å². The number of anilines is 1. The van der Waals surface area contributed by atoms with Crippen LogP contribution in [-0.4, -0.2) is 75.8 Å². The number of benzene rings is 1. The van der Waals surface area contributed by atoms with E-state index in [2.05, 4.69) is 10.1 Å². The van der Waals surface area contributed by atoms with Gasteiger partial charge in [0.05, 0.1) is 24.1 Å². The maximum Gasteiger partial charge on any atom is 0.471 e. The first kappa shape index (κ1) is 29.5. The van der Waals surface area contributed by atoms with Crippen molar-refractivity contribution in [3.8, 4) is 22.4 Å². The van der Waals surface area contributed by atoms with E-state index < -0.39 is 40.3 Å². The predicted octanol–water partition coefficient (Wildman–Crippen LogP) is 3.36. The number of nitrogens with one attached hydrogen (secondary N) is 1. The van der Waals surface area contributed by atoms with Gasteiger partial charge in [-0.3, -0.25) is 14.6 Å². The van der Waals surface area contributed by atoms with Crippen molar-refractivity contribution in [1.82, 2.24) is 29.8 Å². The molecule has 0 radical (unpaired) electrons. The molecule has 3 N–H and O–H groups in total. The van der Waals surface area contributed by atoms with Crippen molar-refractivity contribution in [1.29, 1.82) is 0 Å². The number of amides is 2. The van der Waals surface area contributed by atoms with Crippen LogP contribution in [0.1, 0.15) is 37.3 Å². The minimum absolute atomic E-state index is 0.0895. The molecule has 3 atom stereocenters. The Balaban J connectivity index is 1.33. The smallest absolute Gasteiger partial charge is 0.382 e. The SMILES string of the molecule is CS(=O)(=O)c1c([C@@H]2C[C@H]3CC[C@@H](C2)N3C(=O)CNC(=O)C(F)(F)F)nc2c(-c3ccc(-c4ccccc4)nc3)cnn2c1N. The highest BCUT2D eigenvalue weighted by Gasteiger charge is 2.46. The average molecular weight is 628 g/mol. The third-order valence-electron chi connectivity index (χ3n) is 8.24. The first-order chi connectivity index (χ1) is 20.8. The molecule has 2 bridgehead atoms. The molecule has 230 valence electrons. The van der Waals surface area contributed by atoms with E-state index in [1.54, 1.807) is 17.7 Å². The Bertz CT molecular complexity index is 1850. The molecule has 15 heteroatoms. The summed E-state index contributed by atoms with van der Waals surface area (Å²) in [5, 5.41) is 5.98. The predicted molar refractivity (Wildman–Crippen MR) is 154 cm³/mol. The molecule has 5 heterocycles. The number of pyridine rings is 1. The van der Waals surface area contributed by atoms with Gasteiger partial charge in [0.25, 0.3) is 0 Å². The zero-order chi connectivity index (χ0) is 31.4. The Morgan fingerprint density at radius 2 is 1.70 bits per heavy atom. The molecule has 6 rings (SSSR count). The number of aromatic nitrogens is 4. The van der Waals surface area contributed by atoms with E-state index in [0.29, 0.717) is 42.5 Å². The van der Waals surface area contributed by atoms with Gasteiger partial charge in [0.15, 0.2) is 15.5 Å². The Morgan fingerprint density at radius 3 is 2.30 bits per heavy atom. The van der Waals surface area contributed by atoms with E-state index >= 15 is 0 Å². The molecule has 2 fully saturated rings. The zero-order valence-electron chi connectivity index (χ0n) is 23.5. The second-order valence-electron chi connectivity index (χ2n) is 11.1. The van der Waals surface area contributed by atoms with E-state index in [9.17, 15) is 31.2 Å². The van der Waals surface area contributed by atoms with E-state index in [-0.39, 0.29) is 28.5 Å². The summed E-state index contributed by atoms with van der Waals surface area (Å²) in [6.07, 6.45) is 1.02. The number of nitrogen functional groups attached to an aromatic ring is 1. The van der Waals surface area contributed by atoms with Crippen LogP contribution in [0.15, 0.2) is 59.8 Å². The molecule has 3 aromatic heterocycles. The maximum atomic E-state index is 13.0. The van der Waals surface area contributed by atoms with E-state index in [4.69, 9.17) is 10.7 Å². The molecule has 2 aliphatic heterocycles. The number of halogens is 3. The molecule has 0 saturated carbocycles. The number of carbonyl (C=O) groups is 2. The van der Waals surface area contributed by atoms with Crippen molar-refractivity contribution in [2.24, 2.45) is 0 Å². The van der Waals surface area contributed by atoms with Crippen LogP contribution in [0.25, 0.3) is 28.0 Å². The summed E-state index contributed by atoms with van der Waals surface area (Å²) in [7, 11) is -3.87. The fourth-order valence-electron chi connectivity index (χ4n) is 6.37. The van der Waals surface area contributed by atoms with Gasteiger partial charge in [0, 0.05) is 47.1 Å². The molecule has 0 aliphatic carbocycles. The van der Waals surface area contributed by atoms with Crippen molar-refractivity contribution in [3.63, 3.8) is 0 Å². The summed E-state index contributed by atoms with van der Waals surface area (Å²) in [6.45, 7) is -0.780. The van der Waals surface area contributed by atoms with Crippen LogP contribution in [0.2, 0.25) is 0 Å². The first-order valence-corrected chi connectivity index (χ1v) is 15.8. The third-order valence-corrected chi connectivity index (χ3v) is 9.40. The lowest BCUT2D eigenvalue weighted by Gasteiger charge is -2.39. The second kappa shape index (κ2) is 10.9. The average Bonchev–Trinajstić information content (AvgIpc) is 3.53. The Morgan fingerprint density at radius 1 is 1.02 bits per heavy atom. The Hall–Kier alpha value is -4.53. The fraction of sp³-hybridized carbons (Fsp3) is 0.345. The topological polar surface area (TPSA) is 153 Å². The summed E-state index contributed by atoms with van der Waals surface area (Å²) in [5.74, 6) is -3.29. The number of sulfone groups is 1. The van der Waals surface area contributed by atoms with Crippen LogP contribution in [0.3, 0.4) is 0 Å². The third kappa shape index (κ3) is 5.36. The highest BCUT2D eigenvalue weighted by molar-refractivity contribution is 7.91. The van der Waals surface area contributed by atoms with Crippen molar-refractivity contribution in [2.45, 2.75) is 54.8 Å². The molecule has 2 saturated heterocycles. The van der Waals surface area contributed by atoms with Crippen LogP contribution < -0.4 is 11.1 Å². The van der Waals surface area contributed by atoms with Crippen molar-refractivity contribution in [3.05, 3.63) is 60.6 Å². The molecule has 1 aromatic carbocycles. The standard InChI is InChI=1S/C29H28F3N7O4S/c1-44(42,43)25-24(18-11-19-8-9-20(12-18)38(19)23(40)15-35-28(41)29(30,31)32)37-27-21(14-36-39(27)26(25)33)17-7-10-22(34-13-17)16-5-3-2-4-6-16/h2-7,10,13-14,18-20H,8-9,11-12,15,33H2,1H3,(H,35,41)/t18-,19-,20+. The lowest BCUT2D eigenvalue weighted by Crippen LogP contribution is -2.51. The highest BCUT2D eigenvalue weighted by Crippen LogP contribution is 2.45. The van der Waals surface area contributed by atoms with Gasteiger partial charge in [-0.05, 0) is 31.7 Å². The highest BCUT2D eigenvalue weighted by atomic mass is 32.2. The molecule has 2 aliphatic rings. The molecular weight excluding hydrogens is 599 g/mol. The number of hydrogen-bond donors (Lipinski definition) is 2. The van der Waals surface area contributed by atoms with Crippen LogP contribution in [0, 0.1) is 0 Å². The summed E-state index contributed by atoms with van der Waals surface area (Å²) in [6, 6.07) is 12.7. The van der Waals surface area contributed by atoms with Gasteiger partial charge >= 0.3 is 12.1 Å². The van der Waals surface area contributed by atoms with Crippen LogP contribution in [0.4, 0.5) is 19.0 Å². The number of rotatable bonds is 6. The lowest BCUT2D eigenvalue weighted by atomic mass is 9.87. The van der Waals surface area contributed by atoms with Crippen LogP contribution >= 0.6 is 0 Å². The molecule has 2 amide bonds. The van der Waals surface area contributed by atoms with Crippen molar-refractivity contribution in [2.75, 3.05) is 18.5 Å². The Labute approximate surface area is 250 Å². The van der Waals surface area contributed by atoms with Gasteiger partial charge in [-0.1, -0.05) is 36.4 Å². The first-order valence-electron chi connectivity index (χ1n) is 13.9. The van der Waals surface area contributed by atoms with Gasteiger partial charge in [-0.15, -0.1) is 0 Å². The number of nitrogens with two attached hydrogens (primary N) is 1. The normalized spacial score (nSPS) is 20.2. The number of carbonyl (C=O) groups excluding carboxylic acids is 2. The van der Waals surface area contributed by atoms with Crippen molar-refractivity contribution < 1.29 is 31.2 Å². The van der Waals surface area contributed by atoms with E-state index in [1.165, 1.54) is 9.42 Å². The number of nitrogens with zero attached hydrogens (tertiary/aromatic N) is 5. The van der Waals surface area contributed by atoms with Gasteiger partial charge in [0.2, 0.25) is 5.91 Å². The molecule has 0 unspecified atom stereocenters. The monoisotopic (exact) mass is 627 g/mol. The quantitative estimate of drug-likeness (QED) is 0.330. The molecule has 11 nitrogen and oxygen atoms in total. The van der Waals surface area contributed by atoms with E-state index in [0.717, 1.165) is 17.5 Å². The van der Waals surface area contributed by atoms with Gasteiger partial charge in [-0.25, -0.2) is 13.4 Å². The number of alkyl halides is 3. The largest absolute Gasteiger partial charge is 0.471 e. The fourth-order valence-corrected chi connectivity index (χ4v) is 7.42. The lowest BCUT2D eigenvalue weighted by molar-refractivity contribution is -0.174. The second-order valence-corrected chi connectivity index (χ2v) is 13.1. The number of fused-ring (bicyclic) bond motifs is 3. The number of hydrogen-bond acceptors (Lipinski definition) is 8. The van der Waals surface area contributed by atoms with Crippen molar-refractivity contribution >= 4 is 33.1 Å². The molecular formula is C29H28F3N7O4S. The summed E-state index contributed by atoms with van der Waals surface area (Å²) < 4.78 is 65.2. The minimum Gasteiger partial charge on any atom is -0.382 e. The number of piperidine rings is 1. The van der Waals surface area contributed by atoms with Crippen LogP contribution in [-0.2, 0) is 19.4 Å². The summed E-state index contributed by atoms with van der Waals surface area (Å²) in [5.41, 5.74) is 10.1. The van der Waals surface area contributed by atoms with Gasteiger partial charge in [-0.2, -0.15) is 22.8 Å². The zero-order valence-corrected chi connectivity index (χ0v) is 24.3. The van der Waals surface area contributed by atoms with Crippen LogP contribution in [0.5, 0.6) is 0 Å². The minimum atomic E-state index is -5.09.